The highest BCUT2D eigenvalue weighted by Crippen LogP contribution is 2.51. The van der Waals surface area contributed by atoms with Crippen molar-refractivity contribution in [2.24, 2.45) is 0 Å². The maximum atomic E-state index is 6.33. The van der Waals surface area contributed by atoms with Crippen LogP contribution in [-0.4, -0.2) is 15.4 Å². The zero-order valence-corrected chi connectivity index (χ0v) is 13.4. The highest BCUT2D eigenvalue weighted by molar-refractivity contribution is 9.10. The highest BCUT2D eigenvalue weighted by atomic mass is 79.9. The van der Waals surface area contributed by atoms with E-state index in [0.717, 1.165) is 23.1 Å². The lowest BCUT2D eigenvalue weighted by Crippen LogP contribution is -2.32. The van der Waals surface area contributed by atoms with E-state index < -0.39 is 8.32 Å². The van der Waals surface area contributed by atoms with Gasteiger partial charge in [0.15, 0.2) is 8.32 Å². The van der Waals surface area contributed by atoms with Crippen molar-refractivity contribution in [3.63, 3.8) is 0 Å². The SMILES string of the molecule is COc1ccc(C2(O[Si](C)(C)C)CC2)cc1Br. The van der Waals surface area contributed by atoms with Crippen molar-refractivity contribution < 1.29 is 9.16 Å². The van der Waals surface area contributed by atoms with Gasteiger partial charge in [0.1, 0.15) is 5.75 Å². The summed E-state index contributed by atoms with van der Waals surface area (Å²) in [4.78, 5) is 0. The summed E-state index contributed by atoms with van der Waals surface area (Å²) in [6.45, 7) is 6.73. The van der Waals surface area contributed by atoms with E-state index in [1.54, 1.807) is 7.11 Å². The molecule has 4 heteroatoms. The Bertz CT molecular complexity index is 422. The first kappa shape index (κ1) is 13.1. The summed E-state index contributed by atoms with van der Waals surface area (Å²) in [5, 5.41) is 0. The van der Waals surface area contributed by atoms with Crippen LogP contribution in [0.2, 0.25) is 19.6 Å². The molecule has 1 aromatic rings. The molecule has 0 saturated heterocycles. The molecule has 0 bridgehead atoms. The molecule has 0 aromatic heterocycles. The van der Waals surface area contributed by atoms with Crippen molar-refractivity contribution in [3.05, 3.63) is 28.2 Å². The van der Waals surface area contributed by atoms with Gasteiger partial charge >= 0.3 is 0 Å². The average Bonchev–Trinajstić information content (AvgIpc) is 2.96. The van der Waals surface area contributed by atoms with Gasteiger partial charge in [0.25, 0.3) is 0 Å². The zero-order chi connectivity index (χ0) is 12.7. The van der Waals surface area contributed by atoms with Crippen LogP contribution in [0, 0.1) is 0 Å². The smallest absolute Gasteiger partial charge is 0.184 e. The molecule has 0 spiro atoms. The molecule has 0 radical (unpaired) electrons. The summed E-state index contributed by atoms with van der Waals surface area (Å²) < 4.78 is 12.6. The normalized spacial score (nSPS) is 17.9. The summed E-state index contributed by atoms with van der Waals surface area (Å²) in [6.07, 6.45) is 2.27. The molecule has 0 atom stereocenters. The maximum absolute atomic E-state index is 6.33. The first-order valence-corrected chi connectivity index (χ1v) is 10.1. The van der Waals surface area contributed by atoms with E-state index in [2.05, 4.69) is 47.7 Å². The third-order valence-electron chi connectivity index (χ3n) is 2.88. The summed E-state index contributed by atoms with van der Waals surface area (Å²) in [6, 6.07) is 6.26. The van der Waals surface area contributed by atoms with Crippen LogP contribution in [0.3, 0.4) is 0 Å². The highest BCUT2D eigenvalue weighted by Gasteiger charge is 2.48. The van der Waals surface area contributed by atoms with Crippen LogP contribution >= 0.6 is 15.9 Å². The molecule has 0 unspecified atom stereocenters. The molecular formula is C13H19BrO2Si. The molecule has 2 nitrogen and oxygen atoms in total. The fraction of sp³-hybridized carbons (Fsp3) is 0.538. The Hall–Kier alpha value is -0.323. The number of halogens is 1. The minimum Gasteiger partial charge on any atom is -0.496 e. The standard InChI is InChI=1S/C13H19BrO2Si/c1-15-12-6-5-10(9-11(12)14)13(7-8-13)16-17(2,3)4/h5-6,9H,7-8H2,1-4H3. The second-order valence-corrected chi connectivity index (χ2v) is 10.8. The predicted molar refractivity (Wildman–Crippen MR) is 76.0 cm³/mol. The van der Waals surface area contributed by atoms with Crippen molar-refractivity contribution in [1.82, 2.24) is 0 Å². The van der Waals surface area contributed by atoms with E-state index in [9.17, 15) is 0 Å². The van der Waals surface area contributed by atoms with Crippen LogP contribution in [0.1, 0.15) is 18.4 Å². The molecule has 0 heterocycles. The first-order valence-electron chi connectivity index (χ1n) is 5.90. The fourth-order valence-corrected chi connectivity index (χ4v) is 4.13. The Labute approximate surface area is 113 Å². The van der Waals surface area contributed by atoms with E-state index in [-0.39, 0.29) is 5.60 Å². The maximum Gasteiger partial charge on any atom is 0.184 e. The Morgan fingerprint density at radius 3 is 2.29 bits per heavy atom. The van der Waals surface area contributed by atoms with Gasteiger partial charge in [-0.1, -0.05) is 6.07 Å². The zero-order valence-electron chi connectivity index (χ0n) is 10.8. The number of methoxy groups -OCH3 is 1. The lowest BCUT2D eigenvalue weighted by atomic mass is 10.1. The molecule has 1 fully saturated rings. The second-order valence-electron chi connectivity index (χ2n) is 5.56. The van der Waals surface area contributed by atoms with Crippen LogP contribution in [0.4, 0.5) is 0 Å². The van der Waals surface area contributed by atoms with E-state index >= 15 is 0 Å². The summed E-state index contributed by atoms with van der Waals surface area (Å²) in [5.74, 6) is 0.873. The van der Waals surface area contributed by atoms with E-state index in [4.69, 9.17) is 9.16 Å². The third kappa shape index (κ3) is 2.92. The van der Waals surface area contributed by atoms with Crippen LogP contribution < -0.4 is 4.74 Å². The van der Waals surface area contributed by atoms with Crippen LogP contribution in [0.15, 0.2) is 22.7 Å². The van der Waals surface area contributed by atoms with Crippen LogP contribution in [0.25, 0.3) is 0 Å². The van der Waals surface area contributed by atoms with Gasteiger partial charge < -0.3 is 9.16 Å². The molecule has 0 amide bonds. The summed E-state index contributed by atoms with van der Waals surface area (Å²) in [7, 11) is 0.187. The number of hydrogen-bond acceptors (Lipinski definition) is 2. The van der Waals surface area contributed by atoms with Gasteiger partial charge in [-0.2, -0.15) is 0 Å². The van der Waals surface area contributed by atoms with Crippen molar-refractivity contribution >= 4 is 24.2 Å². The second kappa shape index (κ2) is 4.41. The Kier molecular flexibility index (Phi) is 3.40. The Balaban J connectivity index is 2.26. The van der Waals surface area contributed by atoms with Crippen molar-refractivity contribution in [1.29, 1.82) is 0 Å². The third-order valence-corrected chi connectivity index (χ3v) is 4.51. The summed E-state index contributed by atoms with van der Waals surface area (Å²) >= 11 is 3.54. The van der Waals surface area contributed by atoms with Crippen molar-refractivity contribution in [3.8, 4) is 5.75 Å². The lowest BCUT2D eigenvalue weighted by Gasteiger charge is -2.27. The number of rotatable bonds is 4. The van der Waals surface area contributed by atoms with Gasteiger partial charge in [-0.15, -0.1) is 0 Å². The molecule has 1 aliphatic carbocycles. The van der Waals surface area contributed by atoms with Crippen molar-refractivity contribution in [2.75, 3.05) is 7.11 Å². The van der Waals surface area contributed by atoms with Gasteiger partial charge in [-0.3, -0.25) is 0 Å². The van der Waals surface area contributed by atoms with Crippen LogP contribution in [-0.2, 0) is 10.0 Å². The van der Waals surface area contributed by atoms with E-state index in [0.29, 0.717) is 0 Å². The number of benzene rings is 1. The van der Waals surface area contributed by atoms with Crippen molar-refractivity contribution in [2.45, 2.75) is 38.1 Å². The molecule has 17 heavy (non-hydrogen) atoms. The first-order chi connectivity index (χ1) is 7.86. The predicted octanol–water partition coefficient (Wildman–Crippen LogP) is 4.30. The molecule has 2 rings (SSSR count). The molecule has 0 aliphatic heterocycles. The van der Waals surface area contributed by atoms with E-state index in [1.807, 2.05) is 6.07 Å². The molecular weight excluding hydrogens is 296 g/mol. The molecule has 1 aromatic carbocycles. The van der Waals surface area contributed by atoms with Gasteiger partial charge in [0, 0.05) is 0 Å². The summed E-state index contributed by atoms with van der Waals surface area (Å²) in [5.41, 5.74) is 1.26. The largest absolute Gasteiger partial charge is 0.496 e. The lowest BCUT2D eigenvalue weighted by molar-refractivity contribution is 0.172. The monoisotopic (exact) mass is 314 g/mol. The van der Waals surface area contributed by atoms with Gasteiger partial charge in [-0.05, 0) is 66.1 Å². The Morgan fingerprint density at radius 1 is 1.24 bits per heavy atom. The minimum absolute atomic E-state index is 0.0146. The minimum atomic E-state index is -1.50. The van der Waals surface area contributed by atoms with E-state index in [1.165, 1.54) is 5.56 Å². The van der Waals surface area contributed by atoms with Gasteiger partial charge in [0.2, 0.25) is 0 Å². The average molecular weight is 315 g/mol. The molecule has 0 N–H and O–H groups in total. The topological polar surface area (TPSA) is 18.5 Å². The molecule has 94 valence electrons. The number of ether oxygens (including phenoxy) is 1. The quantitative estimate of drug-likeness (QED) is 0.771. The molecule has 1 saturated carbocycles. The fourth-order valence-electron chi connectivity index (χ4n) is 2.10. The number of hydrogen-bond donors (Lipinski definition) is 0. The Morgan fingerprint density at radius 2 is 1.88 bits per heavy atom. The molecule has 1 aliphatic rings. The van der Waals surface area contributed by atoms with Gasteiger partial charge in [-0.25, -0.2) is 0 Å². The van der Waals surface area contributed by atoms with Crippen LogP contribution in [0.5, 0.6) is 5.75 Å². The van der Waals surface area contributed by atoms with Gasteiger partial charge in [0.05, 0.1) is 17.2 Å².